The first-order chi connectivity index (χ1) is 8.15. The van der Waals surface area contributed by atoms with E-state index < -0.39 is 0 Å². The zero-order chi connectivity index (χ0) is 12.7. The molecule has 0 saturated heterocycles. The lowest BCUT2D eigenvalue weighted by atomic mass is 9.83. The summed E-state index contributed by atoms with van der Waals surface area (Å²) in [5, 5.41) is 21.8. The maximum atomic E-state index is 9.42. The predicted molar refractivity (Wildman–Crippen MR) is 67.7 cm³/mol. The zero-order valence-electron chi connectivity index (χ0n) is 10.6. The molecule has 0 aliphatic heterocycles. The van der Waals surface area contributed by atoms with Gasteiger partial charge in [-0.15, -0.1) is 0 Å². The number of aromatic nitrogens is 1. The van der Waals surface area contributed by atoms with Crippen molar-refractivity contribution in [1.29, 1.82) is 0 Å². The average Bonchev–Trinajstić information content (AvgIpc) is 2.38. The van der Waals surface area contributed by atoms with Gasteiger partial charge >= 0.3 is 0 Å². The fraction of sp³-hybridized carbons (Fsp3) is 0.615. The molecule has 0 aliphatic carbocycles. The summed E-state index contributed by atoms with van der Waals surface area (Å²) in [6, 6.07) is 3.42. The van der Waals surface area contributed by atoms with Gasteiger partial charge in [0.25, 0.3) is 0 Å². The number of rotatable bonds is 7. The van der Waals surface area contributed by atoms with Crippen LogP contribution in [-0.4, -0.2) is 28.3 Å². The van der Waals surface area contributed by atoms with Crippen molar-refractivity contribution in [3.05, 3.63) is 24.0 Å². The van der Waals surface area contributed by atoms with Crippen LogP contribution in [0.1, 0.15) is 32.4 Å². The normalized spacial score (nSPS) is 11.7. The molecule has 0 amide bonds. The second-order valence-electron chi connectivity index (χ2n) is 4.48. The molecular formula is C13H22N2O2. The van der Waals surface area contributed by atoms with E-state index in [9.17, 15) is 5.11 Å². The van der Waals surface area contributed by atoms with Gasteiger partial charge in [-0.25, -0.2) is 0 Å². The molecule has 1 rings (SSSR count). The van der Waals surface area contributed by atoms with Crippen LogP contribution >= 0.6 is 0 Å². The largest absolute Gasteiger partial charge is 0.506 e. The Balaban J connectivity index is 2.43. The van der Waals surface area contributed by atoms with Gasteiger partial charge in [0.1, 0.15) is 5.75 Å². The van der Waals surface area contributed by atoms with Crippen molar-refractivity contribution in [2.45, 2.75) is 33.2 Å². The third-order valence-corrected chi connectivity index (χ3v) is 3.45. The van der Waals surface area contributed by atoms with E-state index in [-0.39, 0.29) is 17.8 Å². The molecule has 0 unspecified atom stereocenters. The van der Waals surface area contributed by atoms with Gasteiger partial charge in [0.15, 0.2) is 0 Å². The van der Waals surface area contributed by atoms with Crippen LogP contribution in [0.15, 0.2) is 18.3 Å². The monoisotopic (exact) mass is 238 g/mol. The summed E-state index contributed by atoms with van der Waals surface area (Å²) in [7, 11) is 0. The summed E-state index contributed by atoms with van der Waals surface area (Å²) in [4.78, 5) is 4.10. The predicted octanol–water partition coefficient (Wildman–Crippen LogP) is 1.68. The third-order valence-electron chi connectivity index (χ3n) is 3.45. The van der Waals surface area contributed by atoms with Crippen molar-refractivity contribution >= 4 is 0 Å². The summed E-state index contributed by atoms with van der Waals surface area (Å²) in [5.41, 5.74) is 0.860. The smallest absolute Gasteiger partial charge is 0.133 e. The Morgan fingerprint density at radius 3 is 2.47 bits per heavy atom. The first-order valence-corrected chi connectivity index (χ1v) is 6.11. The van der Waals surface area contributed by atoms with Crippen molar-refractivity contribution in [3.8, 4) is 5.75 Å². The fourth-order valence-corrected chi connectivity index (χ4v) is 1.76. The van der Waals surface area contributed by atoms with E-state index in [0.29, 0.717) is 6.54 Å². The highest BCUT2D eigenvalue weighted by molar-refractivity contribution is 5.17. The van der Waals surface area contributed by atoms with Gasteiger partial charge in [0.05, 0.1) is 11.9 Å². The average molecular weight is 238 g/mol. The maximum Gasteiger partial charge on any atom is 0.133 e. The lowest BCUT2D eigenvalue weighted by Crippen LogP contribution is -2.36. The van der Waals surface area contributed by atoms with Gasteiger partial charge in [0.2, 0.25) is 0 Å². The Hall–Kier alpha value is -1.13. The van der Waals surface area contributed by atoms with Crippen LogP contribution in [0.2, 0.25) is 0 Å². The molecule has 4 nitrogen and oxygen atoms in total. The van der Waals surface area contributed by atoms with E-state index in [1.54, 1.807) is 12.1 Å². The van der Waals surface area contributed by atoms with E-state index in [1.165, 1.54) is 6.20 Å². The Kier molecular flexibility index (Phi) is 5.38. The number of nitrogens with one attached hydrogen (secondary N) is 1. The van der Waals surface area contributed by atoms with Crippen molar-refractivity contribution in [1.82, 2.24) is 10.3 Å². The van der Waals surface area contributed by atoms with Crippen LogP contribution in [0.25, 0.3) is 0 Å². The fourth-order valence-electron chi connectivity index (χ4n) is 1.76. The molecular weight excluding hydrogens is 216 g/mol. The highest BCUT2D eigenvalue weighted by atomic mass is 16.3. The molecule has 0 saturated carbocycles. The summed E-state index contributed by atoms with van der Waals surface area (Å²) in [6.07, 6.45) is 3.35. The number of aliphatic hydroxyl groups is 1. The van der Waals surface area contributed by atoms with Crippen molar-refractivity contribution in [2.24, 2.45) is 5.41 Å². The lowest BCUT2D eigenvalue weighted by molar-refractivity contribution is 0.113. The second-order valence-corrected chi connectivity index (χ2v) is 4.48. The van der Waals surface area contributed by atoms with Gasteiger partial charge < -0.3 is 15.5 Å². The van der Waals surface area contributed by atoms with Crippen LogP contribution in [-0.2, 0) is 6.54 Å². The van der Waals surface area contributed by atoms with E-state index in [2.05, 4.69) is 24.1 Å². The molecule has 96 valence electrons. The number of nitrogens with zero attached hydrogens (tertiary/aromatic N) is 1. The molecule has 3 N–H and O–H groups in total. The first kappa shape index (κ1) is 13.9. The van der Waals surface area contributed by atoms with E-state index >= 15 is 0 Å². The van der Waals surface area contributed by atoms with Crippen LogP contribution < -0.4 is 5.32 Å². The second kappa shape index (κ2) is 6.57. The van der Waals surface area contributed by atoms with Crippen molar-refractivity contribution < 1.29 is 10.2 Å². The summed E-state index contributed by atoms with van der Waals surface area (Å²) >= 11 is 0. The van der Waals surface area contributed by atoms with Gasteiger partial charge in [0, 0.05) is 25.1 Å². The number of aliphatic hydroxyl groups excluding tert-OH is 1. The summed E-state index contributed by atoms with van der Waals surface area (Å²) in [5.74, 6) is 0.181. The van der Waals surface area contributed by atoms with E-state index in [4.69, 9.17) is 5.11 Å². The van der Waals surface area contributed by atoms with Crippen LogP contribution in [0.4, 0.5) is 0 Å². The molecule has 0 aromatic carbocycles. The van der Waals surface area contributed by atoms with Gasteiger partial charge in [-0.05, 0) is 25.0 Å². The SMILES string of the molecule is CCC(CC)(CO)CNCc1ccc(O)cn1. The van der Waals surface area contributed by atoms with E-state index in [1.807, 2.05) is 0 Å². The highest BCUT2D eigenvalue weighted by Crippen LogP contribution is 2.24. The minimum atomic E-state index is -0.0308. The summed E-state index contributed by atoms with van der Waals surface area (Å²) in [6.45, 7) is 5.83. The van der Waals surface area contributed by atoms with Crippen LogP contribution in [0.3, 0.4) is 0 Å². The molecule has 0 fully saturated rings. The Morgan fingerprint density at radius 1 is 1.29 bits per heavy atom. The molecule has 1 aromatic rings. The lowest BCUT2D eigenvalue weighted by Gasteiger charge is -2.29. The van der Waals surface area contributed by atoms with Crippen LogP contribution in [0.5, 0.6) is 5.75 Å². The van der Waals surface area contributed by atoms with Gasteiger partial charge in [-0.3, -0.25) is 4.98 Å². The molecule has 0 atom stereocenters. The standard InChI is InChI=1S/C13H22N2O2/c1-3-13(4-2,10-16)9-14-7-11-5-6-12(17)8-15-11/h5-6,8,14,16-17H,3-4,7,9-10H2,1-2H3. The Morgan fingerprint density at radius 2 is 2.00 bits per heavy atom. The molecule has 0 aliphatic rings. The quantitative estimate of drug-likeness (QED) is 0.676. The topological polar surface area (TPSA) is 65.4 Å². The van der Waals surface area contributed by atoms with E-state index in [0.717, 1.165) is 25.1 Å². The molecule has 4 heteroatoms. The minimum absolute atomic E-state index is 0.0308. The van der Waals surface area contributed by atoms with Gasteiger partial charge in [-0.2, -0.15) is 0 Å². The molecule has 1 aromatic heterocycles. The Labute approximate surface area is 103 Å². The maximum absolute atomic E-state index is 9.42. The van der Waals surface area contributed by atoms with Crippen molar-refractivity contribution in [2.75, 3.05) is 13.2 Å². The molecule has 1 heterocycles. The molecule has 0 bridgehead atoms. The minimum Gasteiger partial charge on any atom is -0.506 e. The number of hydrogen-bond acceptors (Lipinski definition) is 4. The summed E-state index contributed by atoms with van der Waals surface area (Å²) < 4.78 is 0. The third kappa shape index (κ3) is 3.98. The molecule has 17 heavy (non-hydrogen) atoms. The zero-order valence-corrected chi connectivity index (χ0v) is 10.6. The van der Waals surface area contributed by atoms with Crippen molar-refractivity contribution in [3.63, 3.8) is 0 Å². The number of pyridine rings is 1. The number of aromatic hydroxyl groups is 1. The highest BCUT2D eigenvalue weighted by Gasteiger charge is 2.24. The first-order valence-electron chi connectivity index (χ1n) is 6.11. The van der Waals surface area contributed by atoms with Crippen LogP contribution in [0, 0.1) is 5.41 Å². The molecule has 0 radical (unpaired) electrons. The van der Waals surface area contributed by atoms with Gasteiger partial charge in [-0.1, -0.05) is 13.8 Å². The molecule has 0 spiro atoms. The Bertz CT molecular complexity index is 312. The number of hydrogen-bond donors (Lipinski definition) is 3.